The van der Waals surface area contributed by atoms with Crippen LogP contribution in [0.1, 0.15) is 57.4 Å². The molecule has 3 fully saturated rings. The minimum absolute atomic E-state index is 0.0161. The van der Waals surface area contributed by atoms with E-state index in [1.807, 2.05) is 6.92 Å². The number of piperidine rings is 1. The third-order valence-electron chi connectivity index (χ3n) is 8.02. The molecule has 3 aliphatic heterocycles. The Labute approximate surface area is 207 Å². The van der Waals surface area contributed by atoms with Crippen molar-refractivity contribution in [1.29, 1.82) is 0 Å². The maximum Gasteiger partial charge on any atom is 0.325 e. The first-order chi connectivity index (χ1) is 16.9. The van der Waals surface area contributed by atoms with Gasteiger partial charge < -0.3 is 15.1 Å². The number of likely N-dealkylation sites (tertiary alicyclic amines) is 2. The molecule has 4 amide bonds. The van der Waals surface area contributed by atoms with E-state index in [9.17, 15) is 18.8 Å². The third kappa shape index (κ3) is 5.27. The van der Waals surface area contributed by atoms with Crippen molar-refractivity contribution in [3.8, 4) is 0 Å². The number of carbonyl (C=O) groups is 3. The van der Waals surface area contributed by atoms with Gasteiger partial charge in [-0.1, -0.05) is 31.5 Å². The molecule has 0 unspecified atom stereocenters. The van der Waals surface area contributed by atoms with Crippen molar-refractivity contribution in [2.24, 2.45) is 5.92 Å². The fourth-order valence-corrected chi connectivity index (χ4v) is 5.98. The molecule has 3 aliphatic rings. The van der Waals surface area contributed by atoms with Crippen LogP contribution < -0.4 is 5.32 Å². The first-order valence-corrected chi connectivity index (χ1v) is 12.9. The molecule has 1 aromatic rings. The molecule has 35 heavy (non-hydrogen) atoms. The fourth-order valence-electron chi connectivity index (χ4n) is 5.98. The molecule has 0 spiro atoms. The van der Waals surface area contributed by atoms with Crippen molar-refractivity contribution >= 4 is 23.9 Å². The van der Waals surface area contributed by atoms with Gasteiger partial charge in [-0.05, 0) is 70.2 Å². The van der Waals surface area contributed by atoms with Crippen molar-refractivity contribution in [2.45, 2.75) is 63.5 Å². The Kier molecular flexibility index (Phi) is 7.89. The summed E-state index contributed by atoms with van der Waals surface area (Å²) in [5, 5.41) is 3.09. The van der Waals surface area contributed by atoms with Gasteiger partial charge in [-0.15, -0.1) is 0 Å². The van der Waals surface area contributed by atoms with Gasteiger partial charge in [0.2, 0.25) is 5.91 Å². The van der Waals surface area contributed by atoms with Gasteiger partial charge in [-0.25, -0.2) is 9.18 Å². The summed E-state index contributed by atoms with van der Waals surface area (Å²) in [5.74, 6) is -0.649. The molecule has 1 aromatic carbocycles. The van der Waals surface area contributed by atoms with Gasteiger partial charge in [0.05, 0.1) is 0 Å². The summed E-state index contributed by atoms with van der Waals surface area (Å²) in [6.45, 7) is 4.56. The minimum atomic E-state index is -0.883. The molecule has 3 heterocycles. The van der Waals surface area contributed by atoms with Crippen LogP contribution in [0.2, 0.25) is 0 Å². The molecule has 1 N–H and O–H groups in total. The summed E-state index contributed by atoms with van der Waals surface area (Å²) in [5.41, 5.74) is -0.508. The van der Waals surface area contributed by atoms with Crippen LogP contribution in [0, 0.1) is 11.7 Å². The Bertz CT molecular complexity index is 975. The van der Waals surface area contributed by atoms with E-state index in [0.29, 0.717) is 50.5 Å². The van der Waals surface area contributed by atoms with Crippen LogP contribution in [-0.4, -0.2) is 77.4 Å². The van der Waals surface area contributed by atoms with Crippen LogP contribution in [0.4, 0.5) is 9.18 Å². The predicted molar refractivity (Wildman–Crippen MR) is 133 cm³/mol. The first kappa shape index (κ1) is 25.4. The zero-order valence-electron chi connectivity index (χ0n) is 20.8. The second-order valence-corrected chi connectivity index (χ2v) is 10.1. The topological polar surface area (TPSA) is 73.0 Å². The van der Waals surface area contributed by atoms with Gasteiger partial charge in [0.1, 0.15) is 11.4 Å². The molecular weight excluding hydrogens is 447 g/mol. The summed E-state index contributed by atoms with van der Waals surface area (Å²) >= 11 is 0. The van der Waals surface area contributed by atoms with E-state index in [2.05, 4.69) is 17.3 Å². The monoisotopic (exact) mass is 484 g/mol. The Morgan fingerprint density at radius 2 is 1.91 bits per heavy atom. The van der Waals surface area contributed by atoms with E-state index in [4.69, 9.17) is 0 Å². The van der Waals surface area contributed by atoms with E-state index in [1.165, 1.54) is 23.1 Å². The molecule has 0 aromatic heterocycles. The summed E-state index contributed by atoms with van der Waals surface area (Å²) in [7, 11) is 2.10. The lowest BCUT2D eigenvalue weighted by molar-refractivity contribution is -0.135. The van der Waals surface area contributed by atoms with E-state index >= 15 is 0 Å². The Hall–Kier alpha value is -2.74. The molecule has 0 bridgehead atoms. The van der Waals surface area contributed by atoms with Gasteiger partial charge >= 0.3 is 6.03 Å². The number of carbonyl (C=O) groups excluding carboxylic acids is 3. The highest BCUT2D eigenvalue weighted by molar-refractivity contribution is 6.07. The Morgan fingerprint density at radius 3 is 2.57 bits per heavy atom. The molecule has 7 nitrogen and oxygen atoms in total. The molecule has 3 saturated heterocycles. The number of benzene rings is 1. The number of nitrogens with one attached hydrogen (secondary N) is 1. The van der Waals surface area contributed by atoms with Crippen LogP contribution >= 0.6 is 0 Å². The van der Waals surface area contributed by atoms with Crippen LogP contribution in [0.25, 0.3) is 6.08 Å². The van der Waals surface area contributed by atoms with E-state index in [-0.39, 0.29) is 29.6 Å². The number of hydrogen-bond donors (Lipinski definition) is 1. The quantitative estimate of drug-likeness (QED) is 0.452. The average molecular weight is 485 g/mol. The van der Waals surface area contributed by atoms with Crippen molar-refractivity contribution < 1.29 is 18.8 Å². The smallest absolute Gasteiger partial charge is 0.325 e. The van der Waals surface area contributed by atoms with Gasteiger partial charge in [0.25, 0.3) is 5.91 Å². The maximum absolute atomic E-state index is 13.8. The van der Waals surface area contributed by atoms with E-state index < -0.39 is 5.54 Å². The van der Waals surface area contributed by atoms with Gasteiger partial charge in [0, 0.05) is 37.3 Å². The highest BCUT2D eigenvalue weighted by atomic mass is 19.1. The zero-order valence-corrected chi connectivity index (χ0v) is 20.8. The second kappa shape index (κ2) is 10.9. The number of hydrogen-bond acceptors (Lipinski definition) is 4. The molecule has 4 rings (SSSR count). The molecule has 190 valence electrons. The van der Waals surface area contributed by atoms with E-state index in [1.54, 1.807) is 23.1 Å². The number of rotatable bonds is 8. The van der Waals surface area contributed by atoms with Crippen LogP contribution in [0.5, 0.6) is 0 Å². The molecule has 0 aliphatic carbocycles. The summed E-state index contributed by atoms with van der Waals surface area (Å²) in [6.07, 6.45) is 8.66. The standard InChI is InChI=1S/C27H37FN4O3/c1-3-15-27(25(34)32(26(35)29-27)19-14-22-8-6-16-30(22)2)21-12-17-31(18-13-21)24(33)11-10-20-7-4-5-9-23(20)28/h4-5,7,9-11,21-22H,3,6,8,12-19H2,1-2H3,(H,29,35)/b11-10+/t22-,27+/m1/s1. The SMILES string of the molecule is CCC[C@@]1(C2CCN(C(=O)/C=C/c3ccccc3F)CC2)NC(=O)N(CC[C@H]2CCCN2C)C1=O. The number of halogens is 1. The average Bonchev–Trinajstić information content (AvgIpc) is 3.37. The Morgan fingerprint density at radius 1 is 1.17 bits per heavy atom. The predicted octanol–water partition coefficient (Wildman–Crippen LogP) is 3.65. The van der Waals surface area contributed by atoms with Gasteiger partial charge in [0.15, 0.2) is 0 Å². The Balaban J connectivity index is 1.38. The number of urea groups is 1. The van der Waals surface area contributed by atoms with Crippen molar-refractivity contribution in [3.05, 3.63) is 41.7 Å². The lowest BCUT2D eigenvalue weighted by Gasteiger charge is -2.40. The normalized spacial score (nSPS) is 26.2. The molecule has 0 radical (unpaired) electrons. The van der Waals surface area contributed by atoms with Gasteiger partial charge in [-0.3, -0.25) is 14.5 Å². The number of nitrogens with zero attached hydrogens (tertiary/aromatic N) is 3. The molecule has 8 heteroatoms. The first-order valence-electron chi connectivity index (χ1n) is 12.9. The van der Waals surface area contributed by atoms with Crippen LogP contribution in [-0.2, 0) is 9.59 Å². The number of imide groups is 1. The maximum atomic E-state index is 13.8. The minimum Gasteiger partial charge on any atom is -0.339 e. The highest BCUT2D eigenvalue weighted by Crippen LogP contribution is 2.37. The van der Waals surface area contributed by atoms with Crippen LogP contribution in [0.15, 0.2) is 30.3 Å². The summed E-state index contributed by atoms with van der Waals surface area (Å²) < 4.78 is 13.8. The lowest BCUT2D eigenvalue weighted by Crippen LogP contribution is -2.56. The summed E-state index contributed by atoms with van der Waals surface area (Å²) in [6, 6.07) is 6.48. The molecule has 2 atom stereocenters. The second-order valence-electron chi connectivity index (χ2n) is 10.1. The van der Waals surface area contributed by atoms with Crippen molar-refractivity contribution in [2.75, 3.05) is 33.2 Å². The largest absolute Gasteiger partial charge is 0.339 e. The lowest BCUT2D eigenvalue weighted by atomic mass is 9.74. The van der Waals surface area contributed by atoms with Crippen molar-refractivity contribution in [3.63, 3.8) is 0 Å². The van der Waals surface area contributed by atoms with E-state index in [0.717, 1.165) is 32.2 Å². The fraction of sp³-hybridized carbons (Fsp3) is 0.593. The van der Waals surface area contributed by atoms with Gasteiger partial charge in [-0.2, -0.15) is 0 Å². The van der Waals surface area contributed by atoms with Crippen molar-refractivity contribution in [1.82, 2.24) is 20.0 Å². The third-order valence-corrected chi connectivity index (χ3v) is 8.02. The molecular formula is C27H37FN4O3. The zero-order chi connectivity index (χ0) is 25.0. The van der Waals surface area contributed by atoms with Crippen LogP contribution in [0.3, 0.4) is 0 Å². The highest BCUT2D eigenvalue weighted by Gasteiger charge is 2.55. The number of amides is 4. The summed E-state index contributed by atoms with van der Waals surface area (Å²) in [4.78, 5) is 44.7. The molecule has 0 saturated carbocycles.